The first-order valence-corrected chi connectivity index (χ1v) is 12.7. The zero-order valence-electron chi connectivity index (χ0n) is 20.4. The first kappa shape index (κ1) is 24.1. The largest absolute Gasteiger partial charge is 0.368 e. The van der Waals surface area contributed by atoms with Gasteiger partial charge in [0.1, 0.15) is 5.82 Å². The van der Waals surface area contributed by atoms with Crippen molar-refractivity contribution in [2.24, 2.45) is 0 Å². The number of carbonyl (C=O) groups is 2. The van der Waals surface area contributed by atoms with E-state index in [4.69, 9.17) is 4.74 Å². The van der Waals surface area contributed by atoms with Crippen molar-refractivity contribution in [2.75, 3.05) is 19.6 Å². The van der Waals surface area contributed by atoms with E-state index in [1.807, 2.05) is 53.4 Å². The molecule has 9 heteroatoms. The predicted octanol–water partition coefficient (Wildman–Crippen LogP) is 3.00. The summed E-state index contributed by atoms with van der Waals surface area (Å²) in [6.07, 6.45) is 6.98. The summed E-state index contributed by atoms with van der Waals surface area (Å²) in [4.78, 5) is 39.0. The number of hydrogen-bond donors (Lipinski definition) is 1. The predicted molar refractivity (Wildman–Crippen MR) is 134 cm³/mol. The summed E-state index contributed by atoms with van der Waals surface area (Å²) in [7, 11) is 0. The zero-order chi connectivity index (χ0) is 24.7. The molecule has 2 amide bonds. The number of pyridine rings is 1. The van der Waals surface area contributed by atoms with Gasteiger partial charge in [0.2, 0.25) is 11.8 Å². The molecule has 2 aliphatic rings. The number of carbonyl (C=O) groups excluding carboxylic acids is 2. The molecule has 0 bridgehead atoms. The molecule has 1 aliphatic carbocycles. The Morgan fingerprint density at radius 3 is 2.61 bits per heavy atom. The summed E-state index contributed by atoms with van der Waals surface area (Å²) in [6, 6.07) is 15.5. The summed E-state index contributed by atoms with van der Waals surface area (Å²) in [5.41, 5.74) is 1.70. The number of rotatable bonds is 7. The molecule has 1 saturated carbocycles. The van der Waals surface area contributed by atoms with Gasteiger partial charge in [0, 0.05) is 30.9 Å². The molecule has 0 spiro atoms. The highest BCUT2D eigenvalue weighted by molar-refractivity contribution is 5.86. The molecule has 0 unspecified atom stereocenters. The minimum Gasteiger partial charge on any atom is -0.368 e. The summed E-state index contributed by atoms with van der Waals surface area (Å²) < 4.78 is 6.22. The fraction of sp³-hybridized carbons (Fsp3) is 0.444. The van der Waals surface area contributed by atoms with E-state index in [9.17, 15) is 9.59 Å². The van der Waals surface area contributed by atoms with Crippen LogP contribution in [-0.4, -0.2) is 73.6 Å². The number of hydrogen-bond acceptors (Lipinski definition) is 6. The van der Waals surface area contributed by atoms with E-state index in [-0.39, 0.29) is 36.9 Å². The highest BCUT2D eigenvalue weighted by Gasteiger charge is 2.35. The first-order chi connectivity index (χ1) is 17.7. The molecule has 3 aromatic rings. The fourth-order valence-corrected chi connectivity index (χ4v) is 5.02. The quantitative estimate of drug-likeness (QED) is 0.548. The third kappa shape index (κ3) is 5.96. The normalized spacial score (nSPS) is 19.3. The standard InChI is InChI=1S/C27H32N6O3/c34-25(15-24-29-27(31-30-24)20-9-3-1-4-10-20)32-16-23(36-19-21-11-7-8-14-28-21)17-33(26(35)18-32)22-12-5-2-6-13-22/h1,3-4,7-11,14,22-23H,2,5-6,12-13,15-19H2,(H,29,30,31)/t23-/m1/s1. The van der Waals surface area contributed by atoms with Crippen LogP contribution in [0.1, 0.15) is 43.6 Å². The number of aromatic amines is 1. The molecule has 1 aliphatic heterocycles. The van der Waals surface area contributed by atoms with Crippen LogP contribution in [0.25, 0.3) is 11.4 Å². The lowest BCUT2D eigenvalue weighted by atomic mass is 9.94. The smallest absolute Gasteiger partial charge is 0.242 e. The Hall–Kier alpha value is -3.59. The lowest BCUT2D eigenvalue weighted by Crippen LogP contribution is -2.46. The van der Waals surface area contributed by atoms with Crippen LogP contribution in [0, 0.1) is 0 Å². The molecule has 1 atom stereocenters. The van der Waals surface area contributed by atoms with Crippen LogP contribution < -0.4 is 0 Å². The van der Waals surface area contributed by atoms with Crippen molar-refractivity contribution in [2.45, 2.75) is 57.3 Å². The van der Waals surface area contributed by atoms with Crippen LogP contribution in [0.4, 0.5) is 0 Å². The molecule has 188 valence electrons. The summed E-state index contributed by atoms with van der Waals surface area (Å²) >= 11 is 0. The van der Waals surface area contributed by atoms with Gasteiger partial charge in [-0.2, -0.15) is 5.10 Å². The van der Waals surface area contributed by atoms with Gasteiger partial charge in [-0.25, -0.2) is 4.98 Å². The number of amides is 2. The van der Waals surface area contributed by atoms with Crippen molar-refractivity contribution >= 4 is 11.8 Å². The lowest BCUT2D eigenvalue weighted by molar-refractivity contribution is -0.140. The van der Waals surface area contributed by atoms with E-state index >= 15 is 0 Å². The molecule has 1 saturated heterocycles. The Bertz CT molecular complexity index is 1150. The second-order valence-corrected chi connectivity index (χ2v) is 9.51. The van der Waals surface area contributed by atoms with Gasteiger partial charge in [-0.15, -0.1) is 0 Å². The number of aromatic nitrogens is 4. The zero-order valence-corrected chi connectivity index (χ0v) is 20.4. The number of nitrogens with zero attached hydrogens (tertiary/aromatic N) is 5. The van der Waals surface area contributed by atoms with Crippen LogP contribution in [0.2, 0.25) is 0 Å². The highest BCUT2D eigenvalue weighted by atomic mass is 16.5. The highest BCUT2D eigenvalue weighted by Crippen LogP contribution is 2.25. The number of ether oxygens (including phenoxy) is 1. The average Bonchev–Trinajstić information content (AvgIpc) is 3.32. The van der Waals surface area contributed by atoms with Gasteiger partial charge in [0.25, 0.3) is 0 Å². The Morgan fingerprint density at radius 1 is 1.03 bits per heavy atom. The first-order valence-electron chi connectivity index (χ1n) is 12.7. The van der Waals surface area contributed by atoms with Gasteiger partial charge in [-0.05, 0) is 25.0 Å². The fourth-order valence-electron chi connectivity index (χ4n) is 5.02. The van der Waals surface area contributed by atoms with E-state index in [0.717, 1.165) is 36.9 Å². The molecule has 3 heterocycles. The van der Waals surface area contributed by atoms with Crippen molar-refractivity contribution in [3.05, 3.63) is 66.2 Å². The van der Waals surface area contributed by atoms with Crippen molar-refractivity contribution in [1.29, 1.82) is 0 Å². The third-order valence-corrected chi connectivity index (χ3v) is 6.91. The lowest BCUT2D eigenvalue weighted by Gasteiger charge is -2.34. The molecule has 9 nitrogen and oxygen atoms in total. The molecule has 1 aromatic carbocycles. The van der Waals surface area contributed by atoms with E-state index < -0.39 is 0 Å². The maximum atomic E-state index is 13.3. The average molecular weight is 489 g/mol. The molecule has 36 heavy (non-hydrogen) atoms. The summed E-state index contributed by atoms with van der Waals surface area (Å²) in [6.45, 7) is 1.22. The molecule has 0 radical (unpaired) electrons. The SMILES string of the molecule is O=C(Cc1nc(-c2ccccc2)n[nH]1)N1CC(=O)N(C2CCCCC2)C[C@H](OCc2ccccn2)C1. The van der Waals surface area contributed by atoms with E-state index in [1.54, 1.807) is 11.1 Å². The minimum absolute atomic E-state index is 0.0123. The van der Waals surface area contributed by atoms with Gasteiger partial charge in [-0.3, -0.25) is 19.7 Å². The topological polar surface area (TPSA) is 104 Å². The molecular weight excluding hydrogens is 456 g/mol. The molecular formula is C27H32N6O3. The Morgan fingerprint density at radius 2 is 1.83 bits per heavy atom. The van der Waals surface area contributed by atoms with Crippen LogP contribution in [-0.2, 0) is 27.4 Å². The number of H-pyrrole nitrogens is 1. The maximum absolute atomic E-state index is 13.3. The van der Waals surface area contributed by atoms with Crippen molar-refractivity contribution < 1.29 is 14.3 Å². The monoisotopic (exact) mass is 488 g/mol. The van der Waals surface area contributed by atoms with Crippen molar-refractivity contribution in [1.82, 2.24) is 30.0 Å². The van der Waals surface area contributed by atoms with Gasteiger partial charge in [0.15, 0.2) is 5.82 Å². The summed E-state index contributed by atoms with van der Waals surface area (Å²) in [5, 5.41) is 7.13. The van der Waals surface area contributed by atoms with Gasteiger partial charge in [-0.1, -0.05) is 55.7 Å². The van der Waals surface area contributed by atoms with Crippen LogP contribution in [0.5, 0.6) is 0 Å². The summed E-state index contributed by atoms with van der Waals surface area (Å²) in [5.74, 6) is 0.841. The molecule has 2 fully saturated rings. The maximum Gasteiger partial charge on any atom is 0.242 e. The number of benzene rings is 1. The Balaban J connectivity index is 1.29. The van der Waals surface area contributed by atoms with E-state index in [0.29, 0.717) is 31.3 Å². The molecule has 5 rings (SSSR count). The van der Waals surface area contributed by atoms with Crippen molar-refractivity contribution in [3.8, 4) is 11.4 Å². The second kappa shape index (κ2) is 11.4. The van der Waals surface area contributed by atoms with Crippen LogP contribution in [0.15, 0.2) is 54.7 Å². The van der Waals surface area contributed by atoms with Gasteiger partial charge < -0.3 is 14.5 Å². The van der Waals surface area contributed by atoms with E-state index in [1.165, 1.54) is 6.42 Å². The van der Waals surface area contributed by atoms with Gasteiger partial charge >= 0.3 is 0 Å². The number of nitrogens with one attached hydrogen (secondary N) is 1. The van der Waals surface area contributed by atoms with Crippen LogP contribution >= 0.6 is 0 Å². The molecule has 2 aromatic heterocycles. The molecule has 1 N–H and O–H groups in total. The van der Waals surface area contributed by atoms with E-state index in [2.05, 4.69) is 20.2 Å². The Labute approximate surface area is 210 Å². The van der Waals surface area contributed by atoms with Crippen molar-refractivity contribution in [3.63, 3.8) is 0 Å². The van der Waals surface area contributed by atoms with Crippen LogP contribution in [0.3, 0.4) is 0 Å². The Kier molecular flexibility index (Phi) is 7.66. The van der Waals surface area contributed by atoms with Gasteiger partial charge in [0.05, 0.1) is 31.4 Å². The minimum atomic E-state index is -0.293. The second-order valence-electron chi connectivity index (χ2n) is 9.51. The third-order valence-electron chi connectivity index (χ3n) is 6.91.